The van der Waals surface area contributed by atoms with E-state index in [2.05, 4.69) is 22.0 Å². The van der Waals surface area contributed by atoms with Crippen LogP contribution in [0.2, 0.25) is 0 Å². The molecule has 1 fully saturated rings. The number of imidazole rings is 1. The van der Waals surface area contributed by atoms with Crippen molar-refractivity contribution in [1.29, 1.82) is 0 Å². The molecule has 1 amide bonds. The highest BCUT2D eigenvalue weighted by Gasteiger charge is 2.25. The summed E-state index contributed by atoms with van der Waals surface area (Å²) in [6, 6.07) is 24.5. The van der Waals surface area contributed by atoms with Gasteiger partial charge in [0.15, 0.2) is 0 Å². The van der Waals surface area contributed by atoms with Gasteiger partial charge in [-0.2, -0.15) is 0 Å². The van der Waals surface area contributed by atoms with Gasteiger partial charge in [0.2, 0.25) is 0 Å². The Morgan fingerprint density at radius 1 is 0.837 bits per heavy atom. The van der Waals surface area contributed by atoms with Crippen LogP contribution in [0.3, 0.4) is 0 Å². The predicted molar refractivity (Wildman–Crippen MR) is 164 cm³/mol. The van der Waals surface area contributed by atoms with E-state index in [9.17, 15) is 19.5 Å². The monoisotopic (exact) mass is 576 g/mol. The smallest absolute Gasteiger partial charge is 0.326 e. The van der Waals surface area contributed by atoms with Crippen molar-refractivity contribution >= 4 is 39.8 Å². The number of pyridine rings is 1. The molecule has 6 rings (SSSR count). The van der Waals surface area contributed by atoms with Crippen LogP contribution in [0.4, 0.5) is 0 Å². The fourth-order valence-electron chi connectivity index (χ4n) is 5.95. The van der Waals surface area contributed by atoms with Gasteiger partial charge in [-0.25, -0.2) is 14.8 Å². The third-order valence-electron chi connectivity index (χ3n) is 8.16. The molecule has 1 aliphatic carbocycles. The number of hydrogen-bond acceptors (Lipinski definition) is 5. The number of fused-ring (bicyclic) bond motifs is 2. The lowest BCUT2D eigenvalue weighted by Gasteiger charge is -2.25. The molecule has 3 aromatic carbocycles. The summed E-state index contributed by atoms with van der Waals surface area (Å²) in [6.07, 6.45) is 5.01. The van der Waals surface area contributed by atoms with Gasteiger partial charge in [0.25, 0.3) is 5.91 Å². The molecule has 2 aromatic heterocycles. The first-order chi connectivity index (χ1) is 20.9. The Labute approximate surface area is 248 Å². The van der Waals surface area contributed by atoms with Crippen molar-refractivity contribution in [2.45, 2.75) is 57.0 Å². The van der Waals surface area contributed by atoms with Crippen molar-refractivity contribution in [3.05, 3.63) is 84.4 Å². The zero-order valence-electron chi connectivity index (χ0n) is 23.6. The van der Waals surface area contributed by atoms with Crippen LogP contribution in [-0.2, 0) is 9.59 Å². The van der Waals surface area contributed by atoms with E-state index < -0.39 is 23.9 Å². The maximum Gasteiger partial charge on any atom is 0.326 e. The molecule has 0 spiro atoms. The molecule has 1 atom stereocenters. The van der Waals surface area contributed by atoms with Gasteiger partial charge in [-0.15, -0.1) is 0 Å². The fourth-order valence-corrected chi connectivity index (χ4v) is 5.95. The first-order valence-corrected chi connectivity index (χ1v) is 14.6. The van der Waals surface area contributed by atoms with E-state index in [0.29, 0.717) is 5.52 Å². The minimum absolute atomic E-state index is 0.206. The van der Waals surface area contributed by atoms with Crippen molar-refractivity contribution in [2.75, 3.05) is 0 Å². The summed E-state index contributed by atoms with van der Waals surface area (Å²) in [7, 11) is 0. The normalized spacial score (nSPS) is 14.5. The molecule has 9 nitrogen and oxygen atoms in total. The Balaban J connectivity index is 1.37. The van der Waals surface area contributed by atoms with Crippen LogP contribution < -0.4 is 5.32 Å². The van der Waals surface area contributed by atoms with E-state index >= 15 is 0 Å². The van der Waals surface area contributed by atoms with E-state index in [1.807, 2.05) is 54.6 Å². The lowest BCUT2D eigenvalue weighted by Crippen LogP contribution is -2.41. The second-order valence-electron chi connectivity index (χ2n) is 11.1. The quantitative estimate of drug-likeness (QED) is 0.183. The first kappa shape index (κ1) is 28.1. The number of amides is 1. The maximum atomic E-state index is 13.0. The van der Waals surface area contributed by atoms with Gasteiger partial charge in [-0.1, -0.05) is 55.7 Å². The minimum Gasteiger partial charge on any atom is -0.481 e. The fraction of sp³-hybridized carbons (Fsp3) is 0.265. The van der Waals surface area contributed by atoms with E-state index in [-0.39, 0.29) is 24.4 Å². The Bertz CT molecular complexity index is 1830. The largest absolute Gasteiger partial charge is 0.481 e. The Hall–Kier alpha value is -5.05. The number of aromatic nitrogens is 3. The van der Waals surface area contributed by atoms with Crippen molar-refractivity contribution in [2.24, 2.45) is 0 Å². The van der Waals surface area contributed by atoms with Gasteiger partial charge in [0.05, 0.1) is 22.2 Å². The number of nitrogens with zero attached hydrogens (tertiary/aromatic N) is 3. The van der Waals surface area contributed by atoms with Crippen LogP contribution in [0, 0.1) is 0 Å². The molecule has 2 heterocycles. The van der Waals surface area contributed by atoms with Crippen LogP contribution in [0.25, 0.3) is 44.6 Å². The molecule has 0 radical (unpaired) electrons. The van der Waals surface area contributed by atoms with Crippen molar-refractivity contribution in [1.82, 2.24) is 19.9 Å². The Morgan fingerprint density at radius 3 is 2.37 bits per heavy atom. The first-order valence-electron chi connectivity index (χ1n) is 14.6. The zero-order valence-corrected chi connectivity index (χ0v) is 23.6. The Morgan fingerprint density at radius 2 is 1.63 bits per heavy atom. The molecular formula is C34H32N4O5. The van der Waals surface area contributed by atoms with Crippen molar-refractivity contribution in [3.8, 4) is 22.6 Å². The highest BCUT2D eigenvalue weighted by atomic mass is 16.4. The summed E-state index contributed by atoms with van der Waals surface area (Å²) in [5.74, 6) is -2.16. The second-order valence-corrected chi connectivity index (χ2v) is 11.1. The number of carboxylic acids is 2. The molecule has 0 unspecified atom stereocenters. The van der Waals surface area contributed by atoms with Gasteiger partial charge in [-0.05, 0) is 61.7 Å². The van der Waals surface area contributed by atoms with Crippen molar-refractivity contribution in [3.63, 3.8) is 0 Å². The topological polar surface area (TPSA) is 134 Å². The summed E-state index contributed by atoms with van der Waals surface area (Å²) >= 11 is 0. The molecule has 43 heavy (non-hydrogen) atoms. The minimum atomic E-state index is -1.30. The van der Waals surface area contributed by atoms with Crippen LogP contribution >= 0.6 is 0 Å². The number of aliphatic carboxylic acids is 2. The second kappa shape index (κ2) is 12.1. The standard InChI is InChI=1S/C34H32N4O5/c39-31(40)18-16-28(34(42)43)37-33(41)24-13-17-30-29(20-24)36-32(38(30)25-9-5-2-6-10-25)23-12-15-27-22(19-23)11-14-26(35-27)21-7-3-1-4-8-21/h1,3-4,7-8,11-15,17,19-20,25,28H,2,5-6,9-10,16,18H2,(H,37,41)(H,39,40)(H,42,43)/t28-/m0/s1. The molecule has 218 valence electrons. The number of hydrogen-bond donors (Lipinski definition) is 3. The third-order valence-corrected chi connectivity index (χ3v) is 8.16. The highest BCUT2D eigenvalue weighted by molar-refractivity contribution is 6.00. The summed E-state index contributed by atoms with van der Waals surface area (Å²) in [6.45, 7) is 0. The van der Waals surface area contributed by atoms with Crippen LogP contribution in [-0.4, -0.2) is 48.6 Å². The molecule has 3 N–H and O–H groups in total. The summed E-state index contributed by atoms with van der Waals surface area (Å²) in [5, 5.41) is 21.9. The number of rotatable bonds is 9. The molecule has 9 heteroatoms. The zero-order chi connectivity index (χ0) is 29.9. The van der Waals surface area contributed by atoms with Gasteiger partial charge in [-0.3, -0.25) is 9.59 Å². The van der Waals surface area contributed by atoms with E-state index in [4.69, 9.17) is 15.1 Å². The summed E-state index contributed by atoms with van der Waals surface area (Å²) < 4.78 is 2.29. The summed E-state index contributed by atoms with van der Waals surface area (Å²) in [5.41, 5.74) is 5.64. The van der Waals surface area contributed by atoms with Gasteiger partial charge < -0.3 is 20.1 Å². The highest BCUT2D eigenvalue weighted by Crippen LogP contribution is 2.37. The molecular weight excluding hydrogens is 544 g/mol. The number of carbonyl (C=O) groups is 3. The molecule has 5 aromatic rings. The average molecular weight is 577 g/mol. The predicted octanol–water partition coefficient (Wildman–Crippen LogP) is 6.47. The molecule has 1 saturated carbocycles. The molecule has 1 aliphatic rings. The van der Waals surface area contributed by atoms with E-state index in [1.54, 1.807) is 12.1 Å². The van der Waals surface area contributed by atoms with Crippen molar-refractivity contribution < 1.29 is 24.6 Å². The molecule has 0 saturated heterocycles. The Kier molecular flexibility index (Phi) is 7.87. The number of carboxylic acid groups (broad SMARTS) is 2. The van der Waals surface area contributed by atoms with Crippen LogP contribution in [0.15, 0.2) is 78.9 Å². The average Bonchev–Trinajstić information content (AvgIpc) is 3.42. The third kappa shape index (κ3) is 5.97. The van der Waals surface area contributed by atoms with Crippen LogP contribution in [0.5, 0.6) is 0 Å². The lowest BCUT2D eigenvalue weighted by atomic mass is 9.94. The van der Waals surface area contributed by atoms with E-state index in [0.717, 1.165) is 64.7 Å². The van der Waals surface area contributed by atoms with Crippen LogP contribution in [0.1, 0.15) is 61.3 Å². The van der Waals surface area contributed by atoms with E-state index in [1.165, 1.54) is 6.42 Å². The maximum absolute atomic E-state index is 13.0. The number of carbonyl (C=O) groups excluding carboxylic acids is 1. The number of nitrogens with one attached hydrogen (secondary N) is 1. The lowest BCUT2D eigenvalue weighted by molar-refractivity contribution is -0.140. The van der Waals surface area contributed by atoms with Gasteiger partial charge in [0, 0.05) is 34.5 Å². The SMILES string of the molecule is O=C(O)CC[C@H](NC(=O)c1ccc2c(c1)nc(-c1ccc3nc(-c4ccccc4)ccc3c1)n2C1CCCCC1)C(=O)O. The molecule has 0 bridgehead atoms. The summed E-state index contributed by atoms with van der Waals surface area (Å²) in [4.78, 5) is 45.5. The van der Waals surface area contributed by atoms with Gasteiger partial charge in [0.1, 0.15) is 11.9 Å². The van der Waals surface area contributed by atoms with Gasteiger partial charge >= 0.3 is 11.9 Å². The number of benzene rings is 3. The molecule has 0 aliphatic heterocycles.